The molecule has 1 fully saturated rings. The Balaban J connectivity index is 3.35. The monoisotopic (exact) mass is 1220 g/mol. The molecule has 1 aliphatic heterocycles. The Bertz CT molecular complexity index is 2360. The van der Waals surface area contributed by atoms with Gasteiger partial charge in [0.2, 0.25) is 70.9 Å². The summed E-state index contributed by atoms with van der Waals surface area (Å²) in [6.07, 6.45) is -5.11. The second-order valence-electron chi connectivity index (χ2n) is 21.3. The number of carboxylic acid groups (broad SMARTS) is 2. The molecule has 34 heteroatoms. The van der Waals surface area contributed by atoms with Crippen molar-refractivity contribution in [3.63, 3.8) is 0 Å². The molecule has 34 nitrogen and oxygen atoms in total. The van der Waals surface area contributed by atoms with Gasteiger partial charge < -0.3 is 106 Å². The average molecular weight is 1220 g/mol. The smallest absolute Gasteiger partial charge is 0.325 e. The molecule has 0 aromatic heterocycles. The number of carbonyl (C=O) groups is 14. The van der Waals surface area contributed by atoms with Gasteiger partial charge in [-0.3, -0.25) is 67.1 Å². The Morgan fingerprint density at radius 2 is 0.906 bits per heavy atom. The third-order valence-electron chi connectivity index (χ3n) is 13.5. The summed E-state index contributed by atoms with van der Waals surface area (Å²) in [5, 5.41) is 83.1. The summed E-state index contributed by atoms with van der Waals surface area (Å²) >= 11 is 0. The van der Waals surface area contributed by atoms with Crippen molar-refractivity contribution in [1.82, 2.24) is 58.1 Å². The molecule has 12 amide bonds. The summed E-state index contributed by atoms with van der Waals surface area (Å²) in [4.78, 5) is 184. The number of carboxylic acids is 2. The maximum atomic E-state index is 13.8. The molecule has 1 heterocycles. The van der Waals surface area contributed by atoms with E-state index in [4.69, 9.17) is 17.2 Å². The van der Waals surface area contributed by atoms with E-state index in [1.807, 2.05) is 0 Å². The summed E-state index contributed by atoms with van der Waals surface area (Å²) in [7, 11) is 0. The quantitative estimate of drug-likeness (QED) is 0.0255. The Hall–Kier alpha value is -7.66. The summed E-state index contributed by atoms with van der Waals surface area (Å²) in [6, 6.07) is -18.7. The first-order valence-electron chi connectivity index (χ1n) is 27.7. The van der Waals surface area contributed by atoms with E-state index in [1.165, 1.54) is 32.6 Å². The van der Waals surface area contributed by atoms with Crippen molar-refractivity contribution in [2.75, 3.05) is 26.3 Å². The van der Waals surface area contributed by atoms with Crippen LogP contribution in [0.4, 0.5) is 0 Å². The summed E-state index contributed by atoms with van der Waals surface area (Å²) in [5.74, 6) is -16.4. The van der Waals surface area contributed by atoms with Gasteiger partial charge in [0.1, 0.15) is 66.5 Å². The number of hydrogen-bond donors (Lipinski definition) is 19. The van der Waals surface area contributed by atoms with Gasteiger partial charge in [0.05, 0.1) is 31.5 Å². The maximum absolute atomic E-state index is 13.8. The Morgan fingerprint density at radius 3 is 1.32 bits per heavy atom. The minimum atomic E-state index is -2.06. The molecule has 1 rings (SSSR count). The zero-order valence-electron chi connectivity index (χ0n) is 49.0. The van der Waals surface area contributed by atoms with Crippen LogP contribution in [0.15, 0.2) is 0 Å². The minimum absolute atomic E-state index is 0.110. The molecule has 482 valence electrons. The molecule has 85 heavy (non-hydrogen) atoms. The molecule has 1 aliphatic rings. The molecular weight excluding hydrogens is 1130 g/mol. The molecular formula is C51H88N14O20. The second kappa shape index (κ2) is 36.9. The van der Waals surface area contributed by atoms with Gasteiger partial charge in [-0.1, -0.05) is 27.7 Å². The third-order valence-corrected chi connectivity index (χ3v) is 13.5. The van der Waals surface area contributed by atoms with E-state index >= 15 is 0 Å². The molecule has 0 aliphatic carbocycles. The largest absolute Gasteiger partial charge is 0.481 e. The highest BCUT2D eigenvalue weighted by molar-refractivity contribution is 6.00. The van der Waals surface area contributed by atoms with Crippen molar-refractivity contribution >= 4 is 82.8 Å². The molecule has 22 N–H and O–H groups in total. The first-order chi connectivity index (χ1) is 39.6. The van der Waals surface area contributed by atoms with E-state index in [0.717, 1.165) is 13.8 Å². The summed E-state index contributed by atoms with van der Waals surface area (Å²) in [5.41, 5.74) is 16.8. The Labute approximate surface area is 490 Å². The van der Waals surface area contributed by atoms with Crippen molar-refractivity contribution in [1.29, 1.82) is 0 Å². The van der Waals surface area contributed by atoms with Gasteiger partial charge in [-0.15, -0.1) is 0 Å². The zero-order chi connectivity index (χ0) is 65.2. The van der Waals surface area contributed by atoms with Gasteiger partial charge in [0.15, 0.2) is 0 Å². The lowest BCUT2D eigenvalue weighted by Crippen LogP contribution is -2.63. The number of aliphatic hydroxyl groups is 4. The topological polar surface area (TPSA) is 562 Å². The van der Waals surface area contributed by atoms with Crippen LogP contribution in [0.1, 0.15) is 113 Å². The lowest BCUT2D eigenvalue weighted by atomic mass is 10.0. The van der Waals surface area contributed by atoms with Crippen LogP contribution in [0.25, 0.3) is 0 Å². The Morgan fingerprint density at radius 1 is 0.494 bits per heavy atom. The molecule has 0 spiro atoms. The lowest BCUT2D eigenvalue weighted by molar-refractivity contribution is -0.144. The number of aliphatic hydroxyl groups excluding tert-OH is 4. The van der Waals surface area contributed by atoms with Crippen molar-refractivity contribution in [3.8, 4) is 0 Å². The molecule has 0 aromatic rings. The number of hydrogen-bond acceptors (Lipinski definition) is 20. The van der Waals surface area contributed by atoms with Crippen molar-refractivity contribution in [2.45, 2.75) is 198 Å². The van der Waals surface area contributed by atoms with Crippen molar-refractivity contribution in [2.24, 2.45) is 29.0 Å². The molecule has 0 unspecified atom stereocenters. The van der Waals surface area contributed by atoms with E-state index in [9.17, 15) is 97.8 Å². The van der Waals surface area contributed by atoms with Gasteiger partial charge >= 0.3 is 11.9 Å². The number of likely N-dealkylation sites (tertiary alicyclic amines) is 1. The summed E-state index contributed by atoms with van der Waals surface area (Å²) in [6.45, 7) is 9.08. The molecule has 0 radical (unpaired) electrons. The van der Waals surface area contributed by atoms with Crippen LogP contribution in [0.5, 0.6) is 0 Å². The fourth-order valence-electron chi connectivity index (χ4n) is 8.28. The highest BCUT2D eigenvalue weighted by atomic mass is 16.4. The van der Waals surface area contributed by atoms with Gasteiger partial charge in [-0.25, -0.2) is 0 Å². The number of primary amides is 1. The number of nitrogens with zero attached hydrogens (tertiary/aromatic N) is 1. The van der Waals surface area contributed by atoms with E-state index in [1.54, 1.807) is 13.8 Å². The highest BCUT2D eigenvalue weighted by Crippen LogP contribution is 2.19. The number of nitrogens with two attached hydrogens (primary N) is 3. The minimum Gasteiger partial charge on any atom is -0.481 e. The van der Waals surface area contributed by atoms with Crippen LogP contribution in [-0.4, -0.2) is 229 Å². The number of rotatable bonds is 38. The van der Waals surface area contributed by atoms with E-state index in [0.29, 0.717) is 12.8 Å². The van der Waals surface area contributed by atoms with Crippen LogP contribution >= 0.6 is 0 Å². The molecule has 0 bridgehead atoms. The van der Waals surface area contributed by atoms with Crippen LogP contribution in [0.2, 0.25) is 0 Å². The second-order valence-corrected chi connectivity index (χ2v) is 21.3. The van der Waals surface area contributed by atoms with E-state index in [2.05, 4.69) is 53.2 Å². The van der Waals surface area contributed by atoms with E-state index in [-0.39, 0.29) is 38.3 Å². The molecule has 0 saturated carbocycles. The predicted molar refractivity (Wildman–Crippen MR) is 296 cm³/mol. The SMILES string of the molecule is CC(C)[C@H](N)C(=O)N[C@@H](CO)C(=O)N[C@@H](CCCCN)C(=O)N[C@H](C(=O)N[C@@H](CCC(=O)O)C(=O)N[C@H](C(=O)N[C@@H](CO)C(=O)N[C@@H](CCC(N)=O)C(=O)N[C@H](C(=O)N[C@@H](C)C(=O)N1CCC[C@H]1C(=O)N[C@@H](C)C(=O)O)C(C)C)[C@@H](C)O)[C@@H](C)O. The molecule has 1 saturated heterocycles. The number of carbonyl (C=O) groups excluding carboxylic acids is 12. The zero-order valence-corrected chi connectivity index (χ0v) is 49.0. The number of amides is 12. The standard InChI is InChI=1S/C51H88N14O20/c1-22(2)36(54)46(79)60-31(20-66)43(76)57-28(12-9-10-18-52)40(73)63-38(26(7)68)48(81)59-30(15-17-35(71)72)42(75)64-39(27(8)69)49(82)61-32(21-67)44(77)58-29(14-16-34(53)70)41(74)62-37(23(3)4)47(80)55-24(5)50(83)65-19-11-13-33(65)45(78)56-25(6)51(84)85/h22-33,36-39,66-69H,9-21,52,54H2,1-8H3,(H2,53,70)(H,55,80)(H,56,78)(H,57,76)(H,58,77)(H,59,81)(H,60,79)(H,61,82)(H,62,74)(H,63,73)(H,64,75)(H,71,72)(H,84,85)/t24-,25-,26+,27+,28-,29-,30-,31-,32-,33-,36-,37-,38-,39-/m0/s1. The normalized spacial score (nSPS) is 17.6. The first kappa shape index (κ1) is 75.4. The van der Waals surface area contributed by atoms with E-state index < -0.39 is 212 Å². The third kappa shape index (κ3) is 25.2. The number of nitrogens with one attached hydrogen (secondary N) is 10. The van der Waals surface area contributed by atoms with Gasteiger partial charge in [0.25, 0.3) is 0 Å². The fraction of sp³-hybridized carbons (Fsp3) is 0.725. The summed E-state index contributed by atoms with van der Waals surface area (Å²) < 4.78 is 0. The Kier molecular flexibility index (Phi) is 32.7. The predicted octanol–water partition coefficient (Wildman–Crippen LogP) is -8.41. The maximum Gasteiger partial charge on any atom is 0.325 e. The average Bonchev–Trinajstić information content (AvgIpc) is 4.23. The van der Waals surface area contributed by atoms with Gasteiger partial charge in [-0.05, 0) is 91.0 Å². The highest BCUT2D eigenvalue weighted by Gasteiger charge is 2.40. The molecule has 14 atom stereocenters. The number of aliphatic carboxylic acids is 2. The van der Waals surface area contributed by atoms with Gasteiger partial charge in [0, 0.05) is 19.4 Å². The van der Waals surface area contributed by atoms with Crippen molar-refractivity contribution in [3.05, 3.63) is 0 Å². The van der Waals surface area contributed by atoms with Crippen molar-refractivity contribution < 1.29 is 97.8 Å². The fourth-order valence-corrected chi connectivity index (χ4v) is 8.28. The lowest BCUT2D eigenvalue weighted by Gasteiger charge is -2.30. The van der Waals surface area contributed by atoms with Gasteiger partial charge in [-0.2, -0.15) is 0 Å². The van der Waals surface area contributed by atoms with Crippen LogP contribution in [0.3, 0.4) is 0 Å². The van der Waals surface area contributed by atoms with Crippen LogP contribution < -0.4 is 70.4 Å². The number of unbranched alkanes of at least 4 members (excludes halogenated alkanes) is 1. The van der Waals surface area contributed by atoms with Crippen LogP contribution in [-0.2, 0) is 67.1 Å². The molecule has 0 aromatic carbocycles. The van der Waals surface area contributed by atoms with Crippen LogP contribution in [0, 0.1) is 11.8 Å². The first-order valence-corrected chi connectivity index (χ1v) is 27.7.